The molecule has 29 heavy (non-hydrogen) atoms. The first-order valence-corrected chi connectivity index (χ1v) is 10.2. The van der Waals surface area contributed by atoms with Gasteiger partial charge in [-0.05, 0) is 62.1 Å². The van der Waals surface area contributed by atoms with E-state index < -0.39 is 17.5 Å². The molecule has 3 aromatic rings. The van der Waals surface area contributed by atoms with E-state index >= 15 is 0 Å². The number of carbonyl (C=O) groups excluding carboxylic acids is 2. The Bertz CT molecular complexity index is 970. The Morgan fingerprint density at radius 3 is 2.28 bits per heavy atom. The molecule has 8 heteroatoms. The molecule has 0 radical (unpaired) electrons. The minimum Gasteiger partial charge on any atom is -0.349 e. The van der Waals surface area contributed by atoms with Gasteiger partial charge in [-0.25, -0.2) is 0 Å². The largest absolute Gasteiger partial charge is 0.349 e. The van der Waals surface area contributed by atoms with Crippen LogP contribution in [0.2, 0.25) is 5.02 Å². The summed E-state index contributed by atoms with van der Waals surface area (Å²) < 4.78 is 3.79. The number of nitrogens with one attached hydrogen (secondary N) is 1. The van der Waals surface area contributed by atoms with E-state index in [1.165, 1.54) is 4.90 Å². The first kappa shape index (κ1) is 21.0. The Morgan fingerprint density at radius 1 is 1.07 bits per heavy atom. The van der Waals surface area contributed by atoms with E-state index in [0.29, 0.717) is 16.3 Å². The summed E-state index contributed by atoms with van der Waals surface area (Å²) in [5, 5.41) is 9.00. The number of hydrogen-bond acceptors (Lipinski definition) is 5. The lowest BCUT2D eigenvalue weighted by molar-refractivity contribution is -0.123. The maximum absolute atomic E-state index is 13.4. The molecule has 0 bridgehead atoms. The highest BCUT2D eigenvalue weighted by atomic mass is 35.5. The van der Waals surface area contributed by atoms with Crippen molar-refractivity contribution in [3.8, 4) is 0 Å². The van der Waals surface area contributed by atoms with Crippen LogP contribution < -0.4 is 10.2 Å². The molecule has 0 aliphatic rings. The highest BCUT2D eigenvalue weighted by Crippen LogP contribution is 2.31. The van der Waals surface area contributed by atoms with Crippen LogP contribution in [0.15, 0.2) is 60.0 Å². The van der Waals surface area contributed by atoms with Gasteiger partial charge >= 0.3 is 0 Å². The van der Waals surface area contributed by atoms with E-state index in [0.717, 1.165) is 11.5 Å². The first-order chi connectivity index (χ1) is 13.8. The minimum absolute atomic E-state index is 0.175. The van der Waals surface area contributed by atoms with Crippen LogP contribution in [0.4, 0.5) is 5.69 Å². The van der Waals surface area contributed by atoms with Crippen molar-refractivity contribution < 1.29 is 9.59 Å². The monoisotopic (exact) mass is 428 g/mol. The highest BCUT2D eigenvalue weighted by Gasteiger charge is 2.35. The summed E-state index contributed by atoms with van der Waals surface area (Å²) in [6, 6.07) is 15.1. The third-order valence-electron chi connectivity index (χ3n) is 4.02. The van der Waals surface area contributed by atoms with Crippen LogP contribution in [0.25, 0.3) is 0 Å². The number of benzene rings is 2. The number of hydrogen-bond donors (Lipinski definition) is 1. The van der Waals surface area contributed by atoms with Gasteiger partial charge in [0, 0.05) is 21.6 Å². The van der Waals surface area contributed by atoms with Gasteiger partial charge in [-0.15, -0.1) is 5.10 Å². The van der Waals surface area contributed by atoms with Gasteiger partial charge in [-0.1, -0.05) is 46.4 Å². The average Bonchev–Trinajstić information content (AvgIpc) is 3.20. The Hall–Kier alpha value is -2.77. The number of nitrogens with zero attached hydrogens (tertiary/aromatic N) is 3. The van der Waals surface area contributed by atoms with Gasteiger partial charge < -0.3 is 5.32 Å². The van der Waals surface area contributed by atoms with E-state index in [9.17, 15) is 9.59 Å². The van der Waals surface area contributed by atoms with Crippen LogP contribution in [-0.4, -0.2) is 26.9 Å². The molecule has 0 unspecified atom stereocenters. The maximum Gasteiger partial charge on any atom is 0.280 e. The van der Waals surface area contributed by atoms with Crippen molar-refractivity contribution in [1.29, 1.82) is 0 Å². The highest BCUT2D eigenvalue weighted by molar-refractivity contribution is 7.03. The summed E-state index contributed by atoms with van der Waals surface area (Å²) in [5.41, 5.74) is 0.918. The summed E-state index contributed by atoms with van der Waals surface area (Å²) in [7, 11) is 0. The van der Waals surface area contributed by atoms with E-state index in [-0.39, 0.29) is 11.6 Å². The fourth-order valence-corrected chi connectivity index (χ4v) is 3.41. The topological polar surface area (TPSA) is 75.2 Å². The third kappa shape index (κ3) is 5.19. The molecule has 2 aromatic carbocycles. The SMILES string of the molecule is CC(C)(C)NC(=O)[C@H](c1ccccc1)N(C(=O)c1csnn1)c1ccc(Cl)cc1. The number of aromatic nitrogens is 2. The summed E-state index contributed by atoms with van der Waals surface area (Å²) in [4.78, 5) is 28.2. The van der Waals surface area contributed by atoms with Gasteiger partial charge in [0.25, 0.3) is 5.91 Å². The number of rotatable bonds is 5. The number of halogens is 1. The van der Waals surface area contributed by atoms with Crippen molar-refractivity contribution in [2.75, 3.05) is 4.90 Å². The molecule has 0 saturated carbocycles. The Morgan fingerprint density at radius 2 is 1.72 bits per heavy atom. The summed E-state index contributed by atoms with van der Waals surface area (Å²) >= 11 is 7.12. The molecule has 2 amide bonds. The molecule has 0 spiro atoms. The molecule has 3 rings (SSSR count). The van der Waals surface area contributed by atoms with Gasteiger partial charge in [0.1, 0.15) is 6.04 Å². The van der Waals surface area contributed by atoms with Gasteiger partial charge in [0.05, 0.1) is 0 Å². The van der Waals surface area contributed by atoms with E-state index in [4.69, 9.17) is 11.6 Å². The maximum atomic E-state index is 13.4. The second kappa shape index (κ2) is 8.71. The zero-order chi connectivity index (χ0) is 21.0. The van der Waals surface area contributed by atoms with Crippen LogP contribution in [0, 0.1) is 0 Å². The fourth-order valence-electron chi connectivity index (χ4n) is 2.86. The average molecular weight is 429 g/mol. The predicted molar refractivity (Wildman–Crippen MR) is 115 cm³/mol. The molecule has 0 aliphatic heterocycles. The molecular weight excluding hydrogens is 408 g/mol. The summed E-state index contributed by atoms with van der Waals surface area (Å²) in [6.45, 7) is 5.68. The normalized spacial score (nSPS) is 12.3. The van der Waals surface area contributed by atoms with E-state index in [1.807, 2.05) is 51.1 Å². The molecule has 0 saturated heterocycles. The minimum atomic E-state index is -0.897. The smallest absolute Gasteiger partial charge is 0.280 e. The second-order valence-electron chi connectivity index (χ2n) is 7.49. The van der Waals surface area contributed by atoms with Gasteiger partial charge in [-0.2, -0.15) is 0 Å². The number of anilines is 1. The molecule has 1 N–H and O–H groups in total. The standard InChI is InChI=1S/C21H21ClN4O2S/c1-21(2,3)23-19(27)18(14-7-5-4-6-8-14)26(16-11-9-15(22)10-12-16)20(28)17-13-29-25-24-17/h4-13,18H,1-3H3,(H,23,27)/t18-/m0/s1. The predicted octanol–water partition coefficient (Wildman–Crippen LogP) is 4.49. The lowest BCUT2D eigenvalue weighted by atomic mass is 10.0. The zero-order valence-corrected chi connectivity index (χ0v) is 17.9. The Balaban J connectivity index is 2.15. The van der Waals surface area contributed by atoms with Crippen molar-refractivity contribution in [1.82, 2.24) is 14.9 Å². The zero-order valence-electron chi connectivity index (χ0n) is 16.3. The lowest BCUT2D eigenvalue weighted by Crippen LogP contribution is -2.49. The Labute approximate surface area is 178 Å². The molecule has 0 aliphatic carbocycles. The van der Waals surface area contributed by atoms with Gasteiger partial charge in [0.15, 0.2) is 5.69 Å². The van der Waals surface area contributed by atoms with Crippen molar-refractivity contribution in [2.45, 2.75) is 32.4 Å². The van der Waals surface area contributed by atoms with Crippen LogP contribution >= 0.6 is 23.1 Å². The van der Waals surface area contributed by atoms with Crippen molar-refractivity contribution in [3.63, 3.8) is 0 Å². The van der Waals surface area contributed by atoms with Gasteiger partial charge in [-0.3, -0.25) is 14.5 Å². The van der Waals surface area contributed by atoms with Crippen LogP contribution in [0.3, 0.4) is 0 Å². The van der Waals surface area contributed by atoms with Crippen molar-refractivity contribution >= 4 is 40.6 Å². The Kier molecular flexibility index (Phi) is 6.30. The quantitative estimate of drug-likeness (QED) is 0.649. The van der Waals surface area contributed by atoms with Crippen LogP contribution in [0.1, 0.15) is 42.9 Å². The van der Waals surface area contributed by atoms with Crippen molar-refractivity contribution in [3.05, 3.63) is 76.3 Å². The fraction of sp³-hybridized carbons (Fsp3) is 0.238. The molecule has 1 aromatic heterocycles. The van der Waals surface area contributed by atoms with Gasteiger partial charge in [0.2, 0.25) is 5.91 Å². The van der Waals surface area contributed by atoms with Crippen LogP contribution in [0.5, 0.6) is 0 Å². The first-order valence-electron chi connectivity index (χ1n) is 8.99. The molecule has 0 fully saturated rings. The van der Waals surface area contributed by atoms with Crippen LogP contribution in [-0.2, 0) is 4.79 Å². The second-order valence-corrected chi connectivity index (χ2v) is 8.54. The van der Waals surface area contributed by atoms with Crippen molar-refractivity contribution in [2.24, 2.45) is 0 Å². The van der Waals surface area contributed by atoms with E-state index in [2.05, 4.69) is 14.9 Å². The summed E-state index contributed by atoms with van der Waals surface area (Å²) in [6.07, 6.45) is 0. The lowest BCUT2D eigenvalue weighted by Gasteiger charge is -2.33. The molecule has 6 nitrogen and oxygen atoms in total. The third-order valence-corrected chi connectivity index (χ3v) is 4.78. The summed E-state index contributed by atoms with van der Waals surface area (Å²) in [5.74, 6) is -0.714. The number of amides is 2. The number of carbonyl (C=O) groups is 2. The van der Waals surface area contributed by atoms with E-state index in [1.54, 1.807) is 29.6 Å². The molecule has 1 heterocycles. The molecule has 1 atom stereocenters. The molecular formula is C21H21ClN4O2S. The molecule has 150 valence electrons.